The summed E-state index contributed by atoms with van der Waals surface area (Å²) in [4.78, 5) is 19.8. The first-order valence-electron chi connectivity index (χ1n) is 7.22. The van der Waals surface area contributed by atoms with Crippen molar-refractivity contribution in [2.75, 3.05) is 0 Å². The summed E-state index contributed by atoms with van der Waals surface area (Å²) >= 11 is 0. The van der Waals surface area contributed by atoms with E-state index in [-0.39, 0.29) is 5.56 Å². The molecule has 0 aliphatic rings. The van der Waals surface area contributed by atoms with Crippen molar-refractivity contribution in [1.29, 1.82) is 0 Å². The smallest absolute Gasteiger partial charge is 0.274 e. The fourth-order valence-corrected chi connectivity index (χ4v) is 2.91. The van der Waals surface area contributed by atoms with Gasteiger partial charge in [-0.3, -0.25) is 4.79 Å². The lowest BCUT2D eigenvalue weighted by atomic mass is 10.0. The molecular formula is C19H14N2O. The second kappa shape index (κ2) is 4.81. The lowest BCUT2D eigenvalue weighted by Crippen LogP contribution is -2.09. The quantitative estimate of drug-likeness (QED) is 0.536. The Bertz CT molecular complexity index is 1050. The predicted octanol–water partition coefficient (Wildman–Crippen LogP) is 4.05. The van der Waals surface area contributed by atoms with E-state index in [1.165, 1.54) is 0 Å². The molecule has 0 aliphatic heterocycles. The first-order valence-corrected chi connectivity index (χ1v) is 7.22. The molecule has 0 radical (unpaired) electrons. The summed E-state index contributed by atoms with van der Waals surface area (Å²) in [7, 11) is 0. The van der Waals surface area contributed by atoms with Gasteiger partial charge in [-0.05, 0) is 18.4 Å². The Morgan fingerprint density at radius 1 is 0.864 bits per heavy atom. The monoisotopic (exact) mass is 286 g/mol. The molecule has 106 valence electrons. The van der Waals surface area contributed by atoms with Crippen molar-refractivity contribution in [3.05, 3.63) is 76.7 Å². The Balaban J connectivity index is 2.24. The van der Waals surface area contributed by atoms with Crippen molar-refractivity contribution >= 4 is 21.7 Å². The summed E-state index contributed by atoms with van der Waals surface area (Å²) in [5.41, 5.74) is 3.05. The number of nitrogens with zero attached hydrogens (tertiary/aromatic N) is 1. The number of fused-ring (bicyclic) bond motifs is 3. The molecule has 0 bridgehead atoms. The largest absolute Gasteiger partial charge is 0.325 e. The van der Waals surface area contributed by atoms with Gasteiger partial charge in [0.1, 0.15) is 5.52 Å². The minimum absolute atomic E-state index is 0.141. The summed E-state index contributed by atoms with van der Waals surface area (Å²) < 4.78 is 0. The van der Waals surface area contributed by atoms with Gasteiger partial charge in [0.25, 0.3) is 5.56 Å². The molecule has 0 amide bonds. The van der Waals surface area contributed by atoms with Crippen LogP contribution in [0.5, 0.6) is 0 Å². The maximum Gasteiger partial charge on any atom is 0.274 e. The molecule has 2 aromatic heterocycles. The van der Waals surface area contributed by atoms with E-state index in [4.69, 9.17) is 0 Å². The average Bonchev–Trinajstić information content (AvgIpc) is 2.55. The van der Waals surface area contributed by atoms with Gasteiger partial charge in [-0.15, -0.1) is 0 Å². The summed E-state index contributed by atoms with van der Waals surface area (Å²) in [6.07, 6.45) is 0. The van der Waals surface area contributed by atoms with E-state index < -0.39 is 0 Å². The predicted molar refractivity (Wildman–Crippen MR) is 90.0 cm³/mol. The fraction of sp³-hybridized carbons (Fsp3) is 0.0526. The van der Waals surface area contributed by atoms with E-state index in [9.17, 15) is 4.79 Å². The van der Waals surface area contributed by atoms with E-state index in [1.807, 2.05) is 61.5 Å². The standard InChI is InChI=1S/C19H14N2O/c1-12-11-16-14-9-5-6-10-15(14)17(13-7-3-2-4-8-13)21-18(16)19(22)20-12/h2-11H,1H3,(H,20,22). The van der Waals surface area contributed by atoms with Crippen molar-refractivity contribution < 1.29 is 0 Å². The lowest BCUT2D eigenvalue weighted by molar-refractivity contribution is 1.16. The Hall–Kier alpha value is -2.94. The van der Waals surface area contributed by atoms with Crippen LogP contribution in [0.4, 0.5) is 0 Å². The van der Waals surface area contributed by atoms with Crippen molar-refractivity contribution in [3.8, 4) is 11.3 Å². The zero-order valence-corrected chi connectivity index (χ0v) is 12.1. The van der Waals surface area contributed by atoms with Gasteiger partial charge in [-0.1, -0.05) is 54.6 Å². The van der Waals surface area contributed by atoms with E-state index in [0.29, 0.717) is 5.52 Å². The Labute approximate surface area is 127 Å². The number of H-pyrrole nitrogens is 1. The van der Waals surface area contributed by atoms with Crippen LogP contribution in [-0.4, -0.2) is 9.97 Å². The number of hydrogen-bond acceptors (Lipinski definition) is 2. The molecule has 0 aliphatic carbocycles. The van der Waals surface area contributed by atoms with Crippen molar-refractivity contribution in [1.82, 2.24) is 9.97 Å². The third-order valence-electron chi connectivity index (χ3n) is 3.88. The Morgan fingerprint density at radius 3 is 2.32 bits per heavy atom. The second-order valence-electron chi connectivity index (χ2n) is 5.42. The van der Waals surface area contributed by atoms with Crippen LogP contribution in [0.3, 0.4) is 0 Å². The molecule has 3 nitrogen and oxygen atoms in total. The summed E-state index contributed by atoms with van der Waals surface area (Å²) in [5.74, 6) is 0. The minimum atomic E-state index is -0.141. The molecule has 0 atom stereocenters. The minimum Gasteiger partial charge on any atom is -0.325 e. The van der Waals surface area contributed by atoms with Crippen LogP contribution < -0.4 is 5.56 Å². The highest BCUT2D eigenvalue weighted by molar-refractivity contribution is 6.10. The van der Waals surface area contributed by atoms with Crippen LogP contribution in [0.15, 0.2) is 65.5 Å². The average molecular weight is 286 g/mol. The molecule has 2 heterocycles. The number of pyridine rings is 2. The summed E-state index contributed by atoms with van der Waals surface area (Å²) in [5, 5.41) is 3.02. The molecule has 3 heteroatoms. The zero-order chi connectivity index (χ0) is 15.1. The topological polar surface area (TPSA) is 45.8 Å². The van der Waals surface area contributed by atoms with Crippen molar-refractivity contribution in [3.63, 3.8) is 0 Å². The summed E-state index contributed by atoms with van der Waals surface area (Å²) in [6, 6.07) is 20.1. The van der Waals surface area contributed by atoms with Crippen LogP contribution in [0.2, 0.25) is 0 Å². The SMILES string of the molecule is Cc1cc2c(nc(-c3ccccc3)c3ccccc32)c(=O)[nH]1. The molecular weight excluding hydrogens is 272 g/mol. The fourth-order valence-electron chi connectivity index (χ4n) is 2.91. The number of aromatic nitrogens is 2. The lowest BCUT2D eigenvalue weighted by Gasteiger charge is -2.10. The molecule has 0 saturated heterocycles. The highest BCUT2D eigenvalue weighted by atomic mass is 16.1. The Morgan fingerprint density at radius 2 is 1.55 bits per heavy atom. The number of hydrogen-bond donors (Lipinski definition) is 1. The maximum absolute atomic E-state index is 12.3. The van der Waals surface area contributed by atoms with Crippen molar-refractivity contribution in [2.45, 2.75) is 6.92 Å². The van der Waals surface area contributed by atoms with Gasteiger partial charge in [0.2, 0.25) is 0 Å². The van der Waals surface area contributed by atoms with Gasteiger partial charge < -0.3 is 4.98 Å². The second-order valence-corrected chi connectivity index (χ2v) is 5.42. The van der Waals surface area contributed by atoms with Crippen LogP contribution in [0, 0.1) is 6.92 Å². The molecule has 1 N–H and O–H groups in total. The highest BCUT2D eigenvalue weighted by Gasteiger charge is 2.12. The third-order valence-corrected chi connectivity index (χ3v) is 3.88. The van der Waals surface area contributed by atoms with E-state index in [2.05, 4.69) is 16.0 Å². The Kier molecular flexibility index (Phi) is 2.79. The first-order chi connectivity index (χ1) is 10.7. The van der Waals surface area contributed by atoms with Gasteiger partial charge in [0.05, 0.1) is 5.69 Å². The molecule has 0 spiro atoms. The molecule has 4 rings (SSSR count). The van der Waals surface area contributed by atoms with Crippen LogP contribution in [0.1, 0.15) is 5.69 Å². The van der Waals surface area contributed by atoms with E-state index >= 15 is 0 Å². The number of rotatable bonds is 1. The molecule has 0 saturated carbocycles. The maximum atomic E-state index is 12.3. The van der Waals surface area contributed by atoms with Gasteiger partial charge in [-0.2, -0.15) is 0 Å². The first kappa shape index (κ1) is 12.8. The third kappa shape index (κ3) is 1.91. The summed E-state index contributed by atoms with van der Waals surface area (Å²) in [6.45, 7) is 1.89. The highest BCUT2D eigenvalue weighted by Crippen LogP contribution is 2.31. The van der Waals surface area contributed by atoms with Crippen LogP contribution >= 0.6 is 0 Å². The van der Waals surface area contributed by atoms with Gasteiger partial charge in [-0.25, -0.2) is 4.98 Å². The van der Waals surface area contributed by atoms with E-state index in [0.717, 1.165) is 33.1 Å². The molecule has 0 unspecified atom stereocenters. The van der Waals surface area contributed by atoms with Gasteiger partial charge >= 0.3 is 0 Å². The van der Waals surface area contributed by atoms with Gasteiger partial charge in [0, 0.05) is 22.0 Å². The van der Waals surface area contributed by atoms with Gasteiger partial charge in [0.15, 0.2) is 0 Å². The molecule has 22 heavy (non-hydrogen) atoms. The molecule has 4 aromatic rings. The number of benzene rings is 2. The van der Waals surface area contributed by atoms with Crippen molar-refractivity contribution in [2.24, 2.45) is 0 Å². The van der Waals surface area contributed by atoms with E-state index in [1.54, 1.807) is 0 Å². The normalized spacial score (nSPS) is 11.1. The number of aryl methyl sites for hydroxylation is 1. The van der Waals surface area contributed by atoms with Crippen LogP contribution in [0.25, 0.3) is 32.9 Å². The molecule has 2 aromatic carbocycles. The molecule has 0 fully saturated rings. The van der Waals surface area contributed by atoms with Crippen LogP contribution in [-0.2, 0) is 0 Å². The number of nitrogens with one attached hydrogen (secondary N) is 1. The number of aromatic amines is 1. The zero-order valence-electron chi connectivity index (χ0n) is 12.1.